The molecular formula is C16H14N4O3S. The predicted molar refractivity (Wildman–Crippen MR) is 88.1 cm³/mol. The summed E-state index contributed by atoms with van der Waals surface area (Å²) in [5.74, 6) is -0.571. The zero-order valence-electron chi connectivity index (χ0n) is 12.9. The van der Waals surface area contributed by atoms with Gasteiger partial charge in [-0.05, 0) is 31.2 Å². The number of thioether (sulfide) groups is 1. The Hall–Kier alpha value is -2.92. The molecule has 1 N–H and O–H groups in total. The van der Waals surface area contributed by atoms with Gasteiger partial charge < -0.3 is 4.74 Å². The van der Waals surface area contributed by atoms with Gasteiger partial charge in [-0.2, -0.15) is 5.26 Å². The Kier molecular flexibility index (Phi) is 6.28. The highest BCUT2D eigenvalue weighted by molar-refractivity contribution is 8.00. The second kappa shape index (κ2) is 8.64. The number of nitrogens with one attached hydrogen (secondary N) is 1. The summed E-state index contributed by atoms with van der Waals surface area (Å²) in [7, 11) is 0. The van der Waals surface area contributed by atoms with E-state index in [-0.39, 0.29) is 12.4 Å². The fourth-order valence-electron chi connectivity index (χ4n) is 1.77. The molecule has 0 spiro atoms. The van der Waals surface area contributed by atoms with Crippen LogP contribution < -0.4 is 5.32 Å². The zero-order valence-corrected chi connectivity index (χ0v) is 13.7. The first-order chi connectivity index (χ1) is 11.6. The minimum atomic E-state index is -0.790. The number of hydrogen-bond donors (Lipinski definition) is 1. The second-order valence-corrected chi connectivity index (χ2v) is 5.42. The molecule has 0 aliphatic rings. The van der Waals surface area contributed by atoms with E-state index in [4.69, 9.17) is 0 Å². The van der Waals surface area contributed by atoms with Gasteiger partial charge in [-0.1, -0.05) is 11.8 Å². The van der Waals surface area contributed by atoms with E-state index in [1.54, 1.807) is 43.6 Å². The third-order valence-corrected chi connectivity index (χ3v) is 3.80. The molecule has 24 heavy (non-hydrogen) atoms. The first kappa shape index (κ1) is 17.4. The smallest absolute Gasteiger partial charge is 0.413 e. The molecule has 0 saturated heterocycles. The van der Waals surface area contributed by atoms with Crippen LogP contribution in [0.3, 0.4) is 0 Å². The number of aromatic nitrogens is 2. The van der Waals surface area contributed by atoms with Crippen LogP contribution in [0.4, 0.5) is 4.79 Å². The Morgan fingerprint density at radius 2 is 2.04 bits per heavy atom. The average Bonchev–Trinajstić information content (AvgIpc) is 2.60. The predicted octanol–water partition coefficient (Wildman–Crippen LogP) is 2.38. The molecule has 0 atom stereocenters. The summed E-state index contributed by atoms with van der Waals surface area (Å²) in [4.78, 5) is 31.3. The first-order valence-corrected chi connectivity index (χ1v) is 8.03. The van der Waals surface area contributed by atoms with E-state index in [0.717, 1.165) is 17.3 Å². The number of hydrogen-bond acceptors (Lipinski definition) is 7. The maximum absolute atomic E-state index is 11.7. The number of pyridine rings is 2. The molecule has 0 aromatic carbocycles. The Morgan fingerprint density at radius 1 is 1.29 bits per heavy atom. The molecule has 2 heterocycles. The van der Waals surface area contributed by atoms with E-state index in [1.807, 2.05) is 6.07 Å². The van der Waals surface area contributed by atoms with E-state index in [9.17, 15) is 14.9 Å². The van der Waals surface area contributed by atoms with Crippen molar-refractivity contribution in [2.45, 2.75) is 11.9 Å². The summed E-state index contributed by atoms with van der Waals surface area (Å²) in [5, 5.41) is 11.7. The number of ether oxygens (including phenoxy) is 1. The van der Waals surface area contributed by atoms with Crippen LogP contribution in [0.2, 0.25) is 0 Å². The number of nitriles is 1. The summed E-state index contributed by atoms with van der Waals surface area (Å²) < 4.78 is 4.63. The molecule has 0 unspecified atom stereocenters. The van der Waals surface area contributed by atoms with Crippen molar-refractivity contribution in [2.24, 2.45) is 0 Å². The molecular weight excluding hydrogens is 328 g/mol. The van der Waals surface area contributed by atoms with Crippen molar-refractivity contribution in [2.75, 3.05) is 12.4 Å². The van der Waals surface area contributed by atoms with Gasteiger partial charge in [0.05, 0.1) is 23.6 Å². The molecule has 8 heteroatoms. The van der Waals surface area contributed by atoms with Crippen molar-refractivity contribution in [1.29, 1.82) is 5.26 Å². The van der Waals surface area contributed by atoms with Gasteiger partial charge in [-0.15, -0.1) is 0 Å². The Labute approximate surface area is 143 Å². The number of carbonyl (C=O) groups is 2. The van der Waals surface area contributed by atoms with Crippen LogP contribution in [0.5, 0.6) is 0 Å². The molecule has 0 saturated carbocycles. The van der Waals surface area contributed by atoms with Crippen LogP contribution in [0.25, 0.3) is 11.3 Å². The summed E-state index contributed by atoms with van der Waals surface area (Å²) in [6, 6.07) is 9.02. The van der Waals surface area contributed by atoms with E-state index in [2.05, 4.69) is 20.0 Å². The van der Waals surface area contributed by atoms with Gasteiger partial charge in [0.15, 0.2) is 0 Å². The van der Waals surface area contributed by atoms with Gasteiger partial charge in [0.2, 0.25) is 5.91 Å². The highest BCUT2D eigenvalue weighted by Gasteiger charge is 2.12. The summed E-state index contributed by atoms with van der Waals surface area (Å²) in [6.07, 6.45) is 2.51. The fraction of sp³-hybridized carbons (Fsp3) is 0.188. The maximum Gasteiger partial charge on any atom is 0.413 e. The molecule has 7 nitrogen and oxygen atoms in total. The third-order valence-electron chi connectivity index (χ3n) is 2.81. The molecule has 0 aliphatic heterocycles. The molecule has 2 amide bonds. The van der Waals surface area contributed by atoms with E-state index in [0.29, 0.717) is 16.3 Å². The number of imide groups is 1. The summed E-state index contributed by atoms with van der Waals surface area (Å²) in [5.41, 5.74) is 1.89. The quantitative estimate of drug-likeness (QED) is 0.832. The molecule has 0 fully saturated rings. The van der Waals surface area contributed by atoms with Crippen molar-refractivity contribution in [3.63, 3.8) is 0 Å². The molecule has 2 aromatic rings. The maximum atomic E-state index is 11.7. The number of rotatable bonds is 5. The van der Waals surface area contributed by atoms with Crippen LogP contribution in [0.15, 0.2) is 41.7 Å². The molecule has 2 aromatic heterocycles. The largest absolute Gasteiger partial charge is 0.450 e. The SMILES string of the molecule is CCOC(=O)NC(=O)CSc1nc(-c2ccncc2)ccc1C#N. The molecule has 0 aliphatic carbocycles. The van der Waals surface area contributed by atoms with Crippen molar-refractivity contribution < 1.29 is 14.3 Å². The monoisotopic (exact) mass is 342 g/mol. The summed E-state index contributed by atoms with van der Waals surface area (Å²) >= 11 is 1.08. The highest BCUT2D eigenvalue weighted by atomic mass is 32.2. The van der Waals surface area contributed by atoms with Gasteiger partial charge >= 0.3 is 6.09 Å². The lowest BCUT2D eigenvalue weighted by Gasteiger charge is -2.07. The average molecular weight is 342 g/mol. The van der Waals surface area contributed by atoms with Gasteiger partial charge in [0, 0.05) is 18.0 Å². The van der Waals surface area contributed by atoms with Crippen LogP contribution in [0.1, 0.15) is 12.5 Å². The van der Waals surface area contributed by atoms with Crippen molar-refractivity contribution in [3.8, 4) is 17.3 Å². The Morgan fingerprint density at radius 3 is 2.71 bits per heavy atom. The van der Waals surface area contributed by atoms with Crippen LogP contribution in [-0.4, -0.2) is 34.3 Å². The number of alkyl carbamates (subject to hydrolysis) is 1. The number of amides is 2. The van der Waals surface area contributed by atoms with Gasteiger partial charge in [0.25, 0.3) is 0 Å². The number of carbonyl (C=O) groups excluding carboxylic acids is 2. The minimum Gasteiger partial charge on any atom is -0.450 e. The van der Waals surface area contributed by atoms with E-state index >= 15 is 0 Å². The fourth-order valence-corrected chi connectivity index (χ4v) is 2.54. The molecule has 2 rings (SSSR count). The first-order valence-electron chi connectivity index (χ1n) is 7.05. The summed E-state index contributed by atoms with van der Waals surface area (Å²) in [6.45, 7) is 1.83. The van der Waals surface area contributed by atoms with Gasteiger partial charge in [-0.3, -0.25) is 15.1 Å². The minimum absolute atomic E-state index is 0.0553. The van der Waals surface area contributed by atoms with Crippen molar-refractivity contribution in [3.05, 3.63) is 42.2 Å². The molecule has 0 radical (unpaired) electrons. The highest BCUT2D eigenvalue weighted by Crippen LogP contribution is 2.24. The standard InChI is InChI=1S/C16H14N4O3S/c1-2-23-16(22)20-14(21)10-24-15-12(9-17)3-4-13(19-15)11-5-7-18-8-6-11/h3-8H,2,10H2,1H3,(H,20,21,22). The Balaban J connectivity index is 2.10. The lowest BCUT2D eigenvalue weighted by Crippen LogP contribution is -2.32. The van der Waals surface area contributed by atoms with E-state index < -0.39 is 12.0 Å². The lowest BCUT2D eigenvalue weighted by molar-refractivity contribution is -0.117. The topological polar surface area (TPSA) is 105 Å². The van der Waals surface area contributed by atoms with E-state index in [1.165, 1.54) is 0 Å². The second-order valence-electron chi connectivity index (χ2n) is 4.45. The van der Waals surface area contributed by atoms with Crippen molar-refractivity contribution >= 4 is 23.8 Å². The number of nitrogens with zero attached hydrogens (tertiary/aromatic N) is 3. The Bertz CT molecular complexity index is 775. The molecule has 122 valence electrons. The van der Waals surface area contributed by atoms with Gasteiger partial charge in [0.1, 0.15) is 11.1 Å². The normalized spacial score (nSPS) is 9.83. The zero-order chi connectivity index (χ0) is 17.4. The van der Waals surface area contributed by atoms with Crippen LogP contribution in [0, 0.1) is 11.3 Å². The molecule has 0 bridgehead atoms. The third kappa shape index (κ3) is 4.79. The van der Waals surface area contributed by atoms with Gasteiger partial charge in [-0.25, -0.2) is 9.78 Å². The van der Waals surface area contributed by atoms with Crippen LogP contribution >= 0.6 is 11.8 Å². The lowest BCUT2D eigenvalue weighted by atomic mass is 10.1. The van der Waals surface area contributed by atoms with Crippen molar-refractivity contribution in [1.82, 2.24) is 15.3 Å². The van der Waals surface area contributed by atoms with Crippen LogP contribution in [-0.2, 0) is 9.53 Å².